The lowest BCUT2D eigenvalue weighted by Crippen LogP contribution is -2.11. The van der Waals surface area contributed by atoms with Crippen LogP contribution in [0.1, 0.15) is 27.4 Å². The van der Waals surface area contributed by atoms with E-state index in [4.69, 9.17) is 0 Å². The lowest BCUT2D eigenvalue weighted by molar-refractivity contribution is 0.103. The van der Waals surface area contributed by atoms with Gasteiger partial charge < -0.3 is 4.57 Å². The topological polar surface area (TPSA) is 67.8 Å². The van der Waals surface area contributed by atoms with Gasteiger partial charge in [-0.3, -0.25) is 9.59 Å². The van der Waals surface area contributed by atoms with Gasteiger partial charge in [-0.15, -0.1) is 0 Å². The smallest absolute Gasteiger partial charge is 0.264 e. The summed E-state index contributed by atoms with van der Waals surface area (Å²) >= 11 is 3.36. The van der Waals surface area contributed by atoms with Crippen molar-refractivity contribution < 1.29 is 4.79 Å². The molecule has 0 atom stereocenters. The number of hydrogen-bond donors (Lipinski definition) is 1. The molecule has 23 heavy (non-hydrogen) atoms. The highest BCUT2D eigenvalue weighted by atomic mass is 79.9. The van der Waals surface area contributed by atoms with E-state index in [0.29, 0.717) is 17.7 Å². The van der Waals surface area contributed by atoms with Crippen LogP contribution in [0.4, 0.5) is 0 Å². The number of ketones is 1. The van der Waals surface area contributed by atoms with Crippen molar-refractivity contribution in [2.24, 2.45) is 7.05 Å². The Morgan fingerprint density at radius 3 is 2.52 bits per heavy atom. The Bertz CT molecular complexity index is 890. The highest BCUT2D eigenvalue weighted by molar-refractivity contribution is 9.10. The van der Waals surface area contributed by atoms with Gasteiger partial charge in [-0.25, -0.2) is 5.10 Å². The zero-order valence-electron chi connectivity index (χ0n) is 12.4. The average molecular weight is 372 g/mol. The molecule has 0 unspecified atom stereocenters. The van der Waals surface area contributed by atoms with Crippen LogP contribution in [-0.4, -0.2) is 20.5 Å². The van der Waals surface area contributed by atoms with E-state index in [-0.39, 0.29) is 11.3 Å². The van der Waals surface area contributed by atoms with Crippen LogP contribution in [0.5, 0.6) is 0 Å². The van der Waals surface area contributed by atoms with E-state index in [2.05, 4.69) is 26.1 Å². The molecule has 1 aromatic carbocycles. The van der Waals surface area contributed by atoms with E-state index in [9.17, 15) is 9.59 Å². The maximum absolute atomic E-state index is 12.6. The number of nitrogens with one attached hydrogen (secondary N) is 1. The Hall–Kier alpha value is -2.47. The molecule has 0 spiro atoms. The summed E-state index contributed by atoms with van der Waals surface area (Å²) in [7, 11) is 1.85. The number of aromatic nitrogens is 3. The average Bonchev–Trinajstić information content (AvgIpc) is 2.90. The number of hydrogen-bond acceptors (Lipinski definition) is 3. The van der Waals surface area contributed by atoms with Crippen molar-refractivity contribution >= 4 is 21.7 Å². The predicted molar refractivity (Wildman–Crippen MR) is 90.7 cm³/mol. The molecule has 0 amide bonds. The van der Waals surface area contributed by atoms with E-state index < -0.39 is 0 Å². The van der Waals surface area contributed by atoms with E-state index in [1.807, 2.05) is 35.9 Å². The third-order valence-electron chi connectivity index (χ3n) is 3.66. The Balaban J connectivity index is 1.86. The number of halogens is 1. The number of benzene rings is 1. The number of aromatic amines is 1. The first kappa shape index (κ1) is 15.4. The highest BCUT2D eigenvalue weighted by Gasteiger charge is 2.15. The van der Waals surface area contributed by atoms with Crippen LogP contribution in [0.15, 0.2) is 57.8 Å². The second-order valence-corrected chi connectivity index (χ2v) is 6.11. The van der Waals surface area contributed by atoms with Gasteiger partial charge in [0.25, 0.3) is 5.56 Å². The summed E-state index contributed by atoms with van der Waals surface area (Å²) in [5.74, 6) is -0.0272. The Labute approximate surface area is 141 Å². The molecule has 0 aliphatic heterocycles. The molecule has 6 heteroatoms. The van der Waals surface area contributed by atoms with Crippen molar-refractivity contribution in [3.8, 4) is 0 Å². The maximum atomic E-state index is 12.6. The van der Waals surface area contributed by atoms with Gasteiger partial charge in [0, 0.05) is 35.3 Å². The van der Waals surface area contributed by atoms with Gasteiger partial charge in [-0.1, -0.05) is 15.9 Å². The Morgan fingerprint density at radius 2 is 1.87 bits per heavy atom. The van der Waals surface area contributed by atoms with Crippen LogP contribution in [-0.2, 0) is 13.5 Å². The first-order valence-electron chi connectivity index (χ1n) is 7.04. The molecule has 0 radical (unpaired) electrons. The highest BCUT2D eigenvalue weighted by Crippen LogP contribution is 2.17. The summed E-state index contributed by atoms with van der Waals surface area (Å²) in [4.78, 5) is 23.6. The predicted octanol–water partition coefficient (Wildman–Crippen LogP) is 2.69. The number of rotatable bonds is 4. The molecule has 116 valence electrons. The molecular formula is C17H14BrN3O2. The van der Waals surface area contributed by atoms with Crippen LogP contribution in [0, 0.1) is 0 Å². The Kier molecular flexibility index (Phi) is 4.25. The van der Waals surface area contributed by atoms with Crippen molar-refractivity contribution in [3.63, 3.8) is 0 Å². The first-order chi connectivity index (χ1) is 11.0. The summed E-state index contributed by atoms with van der Waals surface area (Å²) in [5, 5.41) is 6.41. The zero-order chi connectivity index (χ0) is 16.4. The maximum Gasteiger partial charge on any atom is 0.264 e. The summed E-state index contributed by atoms with van der Waals surface area (Å²) < 4.78 is 2.79. The summed E-state index contributed by atoms with van der Waals surface area (Å²) in [6, 6.07) is 14.1. The molecule has 2 heterocycles. The fourth-order valence-corrected chi connectivity index (χ4v) is 2.63. The first-order valence-corrected chi connectivity index (χ1v) is 7.83. The number of carbonyl (C=O) groups excluding carboxylic acids is 1. The second kappa shape index (κ2) is 6.34. The van der Waals surface area contributed by atoms with E-state index in [1.54, 1.807) is 18.2 Å². The van der Waals surface area contributed by atoms with Crippen molar-refractivity contribution in [2.45, 2.75) is 6.42 Å². The fraction of sp³-hybridized carbons (Fsp3) is 0.118. The van der Waals surface area contributed by atoms with Crippen molar-refractivity contribution in [2.75, 3.05) is 0 Å². The number of H-pyrrole nitrogens is 1. The van der Waals surface area contributed by atoms with Crippen molar-refractivity contribution in [1.82, 2.24) is 14.8 Å². The quantitative estimate of drug-likeness (QED) is 0.716. The molecule has 0 fully saturated rings. The van der Waals surface area contributed by atoms with Gasteiger partial charge in [0.2, 0.25) is 5.78 Å². The van der Waals surface area contributed by atoms with Gasteiger partial charge >= 0.3 is 0 Å². The molecule has 1 N–H and O–H groups in total. The zero-order valence-corrected chi connectivity index (χ0v) is 14.0. The van der Waals surface area contributed by atoms with Gasteiger partial charge in [-0.2, -0.15) is 5.10 Å². The Morgan fingerprint density at radius 1 is 1.13 bits per heavy atom. The summed E-state index contributed by atoms with van der Waals surface area (Å²) in [6.07, 6.45) is 0.543. The standard InChI is InChI=1S/C17H14BrN3O2/c1-21-14(10-13-6-9-16(22)20-19-13)7-8-15(21)17(23)11-2-4-12(18)5-3-11/h2-9H,10H2,1H3,(H,20,22). The third kappa shape index (κ3) is 3.32. The molecule has 5 nitrogen and oxygen atoms in total. The van der Waals surface area contributed by atoms with Crippen LogP contribution in [0.3, 0.4) is 0 Å². The van der Waals surface area contributed by atoms with E-state index >= 15 is 0 Å². The molecular weight excluding hydrogens is 358 g/mol. The molecule has 0 saturated heterocycles. The monoisotopic (exact) mass is 371 g/mol. The summed E-state index contributed by atoms with van der Waals surface area (Å²) in [5.41, 5.74) is 2.72. The van der Waals surface area contributed by atoms with Crippen LogP contribution in [0.2, 0.25) is 0 Å². The van der Waals surface area contributed by atoms with Crippen molar-refractivity contribution in [3.05, 3.63) is 86.0 Å². The van der Waals surface area contributed by atoms with Gasteiger partial charge in [0.15, 0.2) is 0 Å². The van der Waals surface area contributed by atoms with Gasteiger partial charge in [0.05, 0.1) is 11.4 Å². The van der Waals surface area contributed by atoms with Crippen LogP contribution >= 0.6 is 15.9 Å². The number of carbonyl (C=O) groups is 1. The van der Waals surface area contributed by atoms with Crippen LogP contribution in [0.25, 0.3) is 0 Å². The third-order valence-corrected chi connectivity index (χ3v) is 4.19. The number of nitrogens with zero attached hydrogens (tertiary/aromatic N) is 2. The summed E-state index contributed by atoms with van der Waals surface area (Å²) in [6.45, 7) is 0. The normalized spacial score (nSPS) is 10.7. The molecule has 3 aromatic rings. The molecule has 0 saturated carbocycles. The minimum Gasteiger partial charge on any atom is -0.345 e. The molecule has 0 aliphatic carbocycles. The van der Waals surface area contributed by atoms with E-state index in [1.165, 1.54) is 6.07 Å². The van der Waals surface area contributed by atoms with Gasteiger partial charge in [0.1, 0.15) is 0 Å². The molecule has 0 bridgehead atoms. The fourth-order valence-electron chi connectivity index (χ4n) is 2.37. The largest absolute Gasteiger partial charge is 0.345 e. The SMILES string of the molecule is Cn1c(Cc2ccc(=O)[nH]n2)ccc1C(=O)c1ccc(Br)cc1. The van der Waals surface area contributed by atoms with Gasteiger partial charge in [-0.05, 0) is 42.5 Å². The lowest BCUT2D eigenvalue weighted by atomic mass is 10.1. The van der Waals surface area contributed by atoms with E-state index in [0.717, 1.165) is 15.9 Å². The molecule has 2 aromatic heterocycles. The molecule has 3 rings (SSSR count). The van der Waals surface area contributed by atoms with Crippen LogP contribution < -0.4 is 5.56 Å². The minimum absolute atomic E-state index is 0.0272. The second-order valence-electron chi connectivity index (χ2n) is 5.19. The molecule has 0 aliphatic rings. The minimum atomic E-state index is -0.230. The van der Waals surface area contributed by atoms with Crippen molar-refractivity contribution in [1.29, 1.82) is 0 Å². The lowest BCUT2D eigenvalue weighted by Gasteiger charge is -2.07.